The number of nitrogens with one attached hydrogen (secondary N) is 1. The number of carbonyl (C=O) groups is 1. The summed E-state index contributed by atoms with van der Waals surface area (Å²) in [6, 6.07) is 0. The van der Waals surface area contributed by atoms with Gasteiger partial charge < -0.3 is 9.84 Å². The molecule has 0 radical (unpaired) electrons. The number of carboxylic acids is 1. The van der Waals surface area contributed by atoms with E-state index in [4.69, 9.17) is 4.74 Å². The van der Waals surface area contributed by atoms with Crippen LogP contribution in [0.15, 0.2) is 0 Å². The van der Waals surface area contributed by atoms with Crippen molar-refractivity contribution in [1.82, 2.24) is 5.32 Å². The molecule has 1 aliphatic heterocycles. The molecule has 1 heterocycles. The number of carboxylic acid groups (broad SMARTS) is 1. The molecular formula is C12H21NO3. The Labute approximate surface area is 96.4 Å². The Hall–Kier alpha value is -0.610. The molecule has 2 N–H and O–H groups in total. The zero-order valence-corrected chi connectivity index (χ0v) is 9.87. The molecule has 0 spiro atoms. The van der Waals surface area contributed by atoms with E-state index in [-0.39, 0.29) is 6.10 Å². The molecule has 2 aliphatic rings. The van der Waals surface area contributed by atoms with Gasteiger partial charge in [0.05, 0.1) is 6.10 Å². The fourth-order valence-electron chi connectivity index (χ4n) is 2.35. The van der Waals surface area contributed by atoms with Crippen molar-refractivity contribution in [1.29, 1.82) is 0 Å². The molecule has 1 aliphatic carbocycles. The van der Waals surface area contributed by atoms with E-state index in [0.717, 1.165) is 32.3 Å². The Bertz CT molecular complexity index is 259. The van der Waals surface area contributed by atoms with Gasteiger partial charge in [-0.1, -0.05) is 0 Å². The van der Waals surface area contributed by atoms with E-state index >= 15 is 0 Å². The molecule has 0 amide bonds. The van der Waals surface area contributed by atoms with Crippen LogP contribution in [0.5, 0.6) is 0 Å². The van der Waals surface area contributed by atoms with Gasteiger partial charge in [0.2, 0.25) is 0 Å². The maximum atomic E-state index is 11.3. The first-order valence-corrected chi connectivity index (χ1v) is 6.23. The van der Waals surface area contributed by atoms with E-state index in [1.165, 1.54) is 6.42 Å². The summed E-state index contributed by atoms with van der Waals surface area (Å²) < 4.78 is 5.60. The van der Waals surface area contributed by atoms with Crippen LogP contribution in [-0.4, -0.2) is 35.9 Å². The Kier molecular flexibility index (Phi) is 3.50. The highest BCUT2D eigenvalue weighted by Crippen LogP contribution is 2.39. The van der Waals surface area contributed by atoms with Crippen LogP contribution in [0.25, 0.3) is 0 Å². The van der Waals surface area contributed by atoms with Crippen molar-refractivity contribution in [3.8, 4) is 0 Å². The van der Waals surface area contributed by atoms with Crippen LogP contribution in [-0.2, 0) is 9.53 Å². The molecule has 92 valence electrons. The van der Waals surface area contributed by atoms with Gasteiger partial charge in [-0.3, -0.25) is 10.1 Å². The number of aliphatic carboxylic acids is 1. The van der Waals surface area contributed by atoms with E-state index in [2.05, 4.69) is 5.32 Å². The largest absolute Gasteiger partial charge is 0.480 e. The molecule has 2 fully saturated rings. The van der Waals surface area contributed by atoms with Crippen LogP contribution in [0, 0.1) is 5.92 Å². The van der Waals surface area contributed by atoms with Gasteiger partial charge in [-0.15, -0.1) is 0 Å². The van der Waals surface area contributed by atoms with Gasteiger partial charge >= 0.3 is 5.97 Å². The lowest BCUT2D eigenvalue weighted by Gasteiger charge is -2.30. The van der Waals surface area contributed by atoms with Crippen LogP contribution >= 0.6 is 0 Å². The molecule has 4 nitrogen and oxygen atoms in total. The Morgan fingerprint density at radius 1 is 1.44 bits per heavy atom. The SMILES string of the molecule is CC(NCC1CCCCO1)(C(=O)O)C1CC1. The fourth-order valence-corrected chi connectivity index (χ4v) is 2.35. The normalized spacial score (nSPS) is 29.7. The van der Waals surface area contributed by atoms with Gasteiger partial charge in [-0.25, -0.2) is 0 Å². The first kappa shape index (κ1) is 11.9. The lowest BCUT2D eigenvalue weighted by atomic mass is 9.95. The van der Waals surface area contributed by atoms with E-state index in [0.29, 0.717) is 12.5 Å². The first-order chi connectivity index (χ1) is 7.63. The van der Waals surface area contributed by atoms with Crippen LogP contribution in [0.4, 0.5) is 0 Å². The monoisotopic (exact) mass is 227 g/mol. The molecule has 2 atom stereocenters. The molecule has 2 rings (SSSR count). The third kappa shape index (κ3) is 2.55. The van der Waals surface area contributed by atoms with Crippen LogP contribution < -0.4 is 5.32 Å². The summed E-state index contributed by atoms with van der Waals surface area (Å²) in [5.74, 6) is -0.431. The second-order valence-corrected chi connectivity index (χ2v) is 5.15. The molecular weight excluding hydrogens is 206 g/mol. The molecule has 0 aromatic rings. The Morgan fingerprint density at radius 3 is 2.69 bits per heavy atom. The molecule has 16 heavy (non-hydrogen) atoms. The average molecular weight is 227 g/mol. The van der Waals surface area contributed by atoms with Crippen LogP contribution in [0.2, 0.25) is 0 Å². The summed E-state index contributed by atoms with van der Waals surface area (Å²) in [5.41, 5.74) is -0.749. The van der Waals surface area contributed by atoms with Gasteiger partial charge in [-0.2, -0.15) is 0 Å². The summed E-state index contributed by atoms with van der Waals surface area (Å²) in [5, 5.41) is 12.5. The predicted molar refractivity (Wildman–Crippen MR) is 60.4 cm³/mol. The van der Waals surface area contributed by atoms with Gasteiger partial charge in [-0.05, 0) is 44.9 Å². The minimum atomic E-state index is -0.749. The Balaban J connectivity index is 1.83. The van der Waals surface area contributed by atoms with Crippen LogP contribution in [0.3, 0.4) is 0 Å². The highest BCUT2D eigenvalue weighted by molar-refractivity contribution is 5.79. The molecule has 0 aromatic carbocycles. The van der Waals surface area contributed by atoms with E-state index in [1.54, 1.807) is 6.92 Å². The van der Waals surface area contributed by atoms with Crippen LogP contribution in [0.1, 0.15) is 39.0 Å². The lowest BCUT2D eigenvalue weighted by molar-refractivity contribution is -0.145. The number of ether oxygens (including phenoxy) is 1. The third-order valence-corrected chi connectivity index (χ3v) is 3.81. The zero-order valence-electron chi connectivity index (χ0n) is 9.87. The van der Waals surface area contributed by atoms with Crippen molar-refractivity contribution < 1.29 is 14.6 Å². The van der Waals surface area contributed by atoms with Gasteiger partial charge in [0, 0.05) is 13.2 Å². The second-order valence-electron chi connectivity index (χ2n) is 5.15. The van der Waals surface area contributed by atoms with Gasteiger partial charge in [0.25, 0.3) is 0 Å². The molecule has 0 bridgehead atoms. The maximum Gasteiger partial charge on any atom is 0.323 e. The van der Waals surface area contributed by atoms with E-state index in [1.807, 2.05) is 0 Å². The van der Waals surface area contributed by atoms with Crippen molar-refractivity contribution in [2.24, 2.45) is 5.92 Å². The molecule has 1 saturated carbocycles. The number of hydrogen-bond acceptors (Lipinski definition) is 3. The van der Waals surface area contributed by atoms with E-state index in [9.17, 15) is 9.90 Å². The number of rotatable bonds is 5. The predicted octanol–water partition coefficient (Wildman–Crippen LogP) is 1.40. The quantitative estimate of drug-likeness (QED) is 0.745. The van der Waals surface area contributed by atoms with Gasteiger partial charge in [0.1, 0.15) is 5.54 Å². The first-order valence-electron chi connectivity index (χ1n) is 6.23. The maximum absolute atomic E-state index is 11.3. The summed E-state index contributed by atoms with van der Waals surface area (Å²) in [6.07, 6.45) is 5.64. The molecule has 0 aromatic heterocycles. The minimum absolute atomic E-state index is 0.200. The number of hydrogen-bond donors (Lipinski definition) is 2. The third-order valence-electron chi connectivity index (χ3n) is 3.81. The van der Waals surface area contributed by atoms with Crippen molar-refractivity contribution in [2.75, 3.05) is 13.2 Å². The highest BCUT2D eigenvalue weighted by atomic mass is 16.5. The second kappa shape index (κ2) is 4.72. The standard InChI is InChI=1S/C12H21NO3/c1-12(11(14)15,9-5-6-9)13-8-10-4-2-3-7-16-10/h9-10,13H,2-8H2,1H3,(H,14,15). The summed E-state index contributed by atoms with van der Waals surface area (Å²) in [4.78, 5) is 11.3. The summed E-state index contributed by atoms with van der Waals surface area (Å²) in [7, 11) is 0. The molecule has 2 unspecified atom stereocenters. The Morgan fingerprint density at radius 2 is 2.19 bits per heavy atom. The van der Waals surface area contributed by atoms with Crippen molar-refractivity contribution in [3.05, 3.63) is 0 Å². The molecule has 1 saturated heterocycles. The fraction of sp³-hybridized carbons (Fsp3) is 0.917. The molecule has 4 heteroatoms. The summed E-state index contributed by atoms with van der Waals surface area (Å²) >= 11 is 0. The van der Waals surface area contributed by atoms with Gasteiger partial charge in [0.15, 0.2) is 0 Å². The zero-order chi connectivity index (χ0) is 11.6. The van der Waals surface area contributed by atoms with Crippen molar-refractivity contribution >= 4 is 5.97 Å². The van der Waals surface area contributed by atoms with E-state index < -0.39 is 11.5 Å². The summed E-state index contributed by atoms with van der Waals surface area (Å²) in [6.45, 7) is 3.29. The smallest absolute Gasteiger partial charge is 0.323 e. The average Bonchev–Trinajstić information content (AvgIpc) is 3.11. The highest BCUT2D eigenvalue weighted by Gasteiger charge is 2.47. The van der Waals surface area contributed by atoms with Crippen molar-refractivity contribution in [2.45, 2.75) is 50.7 Å². The lowest BCUT2D eigenvalue weighted by Crippen LogP contribution is -2.54. The van der Waals surface area contributed by atoms with Crippen molar-refractivity contribution in [3.63, 3.8) is 0 Å². The topological polar surface area (TPSA) is 58.6 Å². The minimum Gasteiger partial charge on any atom is -0.480 e.